The Hall–Kier alpha value is -3.11. The number of carbonyl (C=O) groups is 2. The number of nitrogens with zero attached hydrogens (tertiary/aromatic N) is 3. The van der Waals surface area contributed by atoms with Gasteiger partial charge in [-0.05, 0) is 68.7 Å². The van der Waals surface area contributed by atoms with Crippen molar-refractivity contribution in [2.75, 3.05) is 26.2 Å². The van der Waals surface area contributed by atoms with E-state index in [0.29, 0.717) is 51.9 Å². The van der Waals surface area contributed by atoms with Crippen LogP contribution in [-0.4, -0.2) is 87.9 Å². The molecule has 10 heteroatoms. The van der Waals surface area contributed by atoms with Crippen LogP contribution in [-0.2, 0) is 14.3 Å². The van der Waals surface area contributed by atoms with Gasteiger partial charge in [-0.1, -0.05) is 51.1 Å². The van der Waals surface area contributed by atoms with E-state index in [0.717, 1.165) is 11.1 Å². The highest BCUT2D eigenvalue weighted by Gasteiger charge is 2.39. The number of hydrogen-bond donors (Lipinski definition) is 1. The zero-order valence-corrected chi connectivity index (χ0v) is 28.6. The third-order valence-electron chi connectivity index (χ3n) is 10.0. The Labute approximate surface area is 278 Å². The number of ether oxygens (including phenoxy) is 2. The molecule has 1 aromatic rings. The molecule has 1 N–H and O–H groups in total. The number of esters is 1. The molecule has 6 atom stereocenters. The van der Waals surface area contributed by atoms with Crippen LogP contribution in [0.3, 0.4) is 0 Å². The maximum absolute atomic E-state index is 13.6. The molecule has 3 aliphatic heterocycles. The van der Waals surface area contributed by atoms with Gasteiger partial charge in [-0.2, -0.15) is 0 Å². The molecule has 260 valence electrons. The molecule has 47 heavy (non-hydrogen) atoms. The van der Waals surface area contributed by atoms with E-state index in [9.17, 15) is 23.5 Å². The number of halogens is 2. The van der Waals surface area contributed by atoms with E-state index in [4.69, 9.17) is 9.47 Å². The number of pyridine rings is 1. The number of rotatable bonds is 6. The Balaban J connectivity index is 1.44. The predicted molar refractivity (Wildman–Crippen MR) is 178 cm³/mol. The monoisotopic (exact) mass is 657 g/mol. The van der Waals surface area contributed by atoms with Crippen LogP contribution < -0.4 is 0 Å². The first-order chi connectivity index (χ1) is 22.2. The molecule has 0 saturated carbocycles. The lowest BCUT2D eigenvalue weighted by atomic mass is 9.87. The molecule has 0 aliphatic carbocycles. The van der Waals surface area contributed by atoms with Gasteiger partial charge < -0.3 is 19.5 Å². The van der Waals surface area contributed by atoms with E-state index in [2.05, 4.69) is 22.9 Å². The summed E-state index contributed by atoms with van der Waals surface area (Å²) in [4.78, 5) is 34.3. The molecule has 8 nitrogen and oxygen atoms in total. The predicted octanol–water partition coefficient (Wildman–Crippen LogP) is 7.06. The summed E-state index contributed by atoms with van der Waals surface area (Å²) in [5.41, 5.74) is 0.617. The summed E-state index contributed by atoms with van der Waals surface area (Å²) < 4.78 is 39.3. The minimum atomic E-state index is -2.58. The molecular weight excluding hydrogens is 604 g/mol. The van der Waals surface area contributed by atoms with E-state index in [-0.39, 0.29) is 49.0 Å². The third kappa shape index (κ3) is 10.7. The lowest BCUT2D eigenvalue weighted by molar-refractivity contribution is -0.150. The molecule has 1 amide bonds. The Morgan fingerprint density at radius 3 is 2.49 bits per heavy atom. The first-order valence-corrected chi connectivity index (χ1v) is 17.2. The molecule has 1 unspecified atom stereocenters. The number of cyclic esters (lactones) is 1. The van der Waals surface area contributed by atoms with E-state index < -0.39 is 29.8 Å². The Bertz CT molecular complexity index is 1270. The molecule has 0 bridgehead atoms. The molecular formula is C37H53F2N3O5. The van der Waals surface area contributed by atoms with Crippen LogP contribution >= 0.6 is 0 Å². The lowest BCUT2D eigenvalue weighted by Crippen LogP contribution is -2.51. The van der Waals surface area contributed by atoms with Gasteiger partial charge in [-0.15, -0.1) is 0 Å². The van der Waals surface area contributed by atoms with Gasteiger partial charge in [0.25, 0.3) is 5.92 Å². The van der Waals surface area contributed by atoms with Crippen molar-refractivity contribution in [3.63, 3.8) is 0 Å². The van der Waals surface area contributed by atoms with Crippen molar-refractivity contribution in [3.8, 4) is 0 Å². The summed E-state index contributed by atoms with van der Waals surface area (Å²) in [6.07, 6.45) is 13.5. The van der Waals surface area contributed by atoms with Crippen LogP contribution in [0.5, 0.6) is 0 Å². The summed E-state index contributed by atoms with van der Waals surface area (Å²) in [7, 11) is 0. The molecule has 3 aliphatic rings. The number of carbonyl (C=O) groups excluding carboxylic acids is 2. The largest absolute Gasteiger partial charge is 0.457 e. The van der Waals surface area contributed by atoms with Gasteiger partial charge in [0.15, 0.2) is 6.10 Å². The van der Waals surface area contributed by atoms with Crippen molar-refractivity contribution < 1.29 is 33.0 Å². The quantitative estimate of drug-likeness (QED) is 0.199. The first-order valence-electron chi connectivity index (χ1n) is 17.2. The fourth-order valence-electron chi connectivity index (χ4n) is 6.66. The molecule has 0 aromatic carbocycles. The second kappa shape index (κ2) is 16.3. The average molecular weight is 658 g/mol. The average Bonchev–Trinajstić information content (AvgIpc) is 3.04. The van der Waals surface area contributed by atoms with E-state index >= 15 is 0 Å². The zero-order valence-electron chi connectivity index (χ0n) is 28.6. The Morgan fingerprint density at radius 2 is 1.83 bits per heavy atom. The van der Waals surface area contributed by atoms with Gasteiger partial charge in [-0.3, -0.25) is 14.7 Å². The number of amides is 1. The molecule has 1 aromatic heterocycles. The molecule has 2 saturated heterocycles. The van der Waals surface area contributed by atoms with Crippen molar-refractivity contribution in [2.45, 2.75) is 115 Å². The van der Waals surface area contributed by atoms with Crippen LogP contribution in [0, 0.1) is 11.8 Å². The minimum Gasteiger partial charge on any atom is -0.457 e. The highest BCUT2D eigenvalue weighted by molar-refractivity contribution is 5.70. The Morgan fingerprint density at radius 1 is 1.13 bits per heavy atom. The van der Waals surface area contributed by atoms with Gasteiger partial charge in [0.05, 0.1) is 0 Å². The zero-order chi connectivity index (χ0) is 34.2. The van der Waals surface area contributed by atoms with E-state index in [1.165, 1.54) is 0 Å². The number of aromatic nitrogens is 1. The first kappa shape index (κ1) is 36.7. The number of aliphatic hydroxyl groups is 1. The number of piperidine rings is 2. The second-order valence-electron chi connectivity index (χ2n) is 14.1. The van der Waals surface area contributed by atoms with Crippen LogP contribution in [0.15, 0.2) is 60.5 Å². The van der Waals surface area contributed by atoms with Gasteiger partial charge in [-0.25, -0.2) is 13.6 Å². The van der Waals surface area contributed by atoms with Crippen molar-refractivity contribution in [1.82, 2.24) is 14.8 Å². The maximum atomic E-state index is 13.6. The number of allylic oxidation sites excluding steroid dienone is 3. The normalized spacial score (nSPS) is 31.8. The van der Waals surface area contributed by atoms with E-state index in [1.54, 1.807) is 24.1 Å². The number of hydrogen-bond acceptors (Lipinski definition) is 7. The second-order valence-corrected chi connectivity index (χ2v) is 14.1. The van der Waals surface area contributed by atoms with Crippen molar-refractivity contribution in [2.24, 2.45) is 11.8 Å². The smallest absolute Gasteiger partial charge is 0.410 e. The molecule has 2 fully saturated rings. The van der Waals surface area contributed by atoms with Crippen LogP contribution in [0.2, 0.25) is 0 Å². The molecule has 4 rings (SSSR count). The van der Waals surface area contributed by atoms with Gasteiger partial charge in [0, 0.05) is 75.7 Å². The molecule has 0 radical (unpaired) electrons. The molecule has 4 heterocycles. The summed E-state index contributed by atoms with van der Waals surface area (Å²) in [5, 5.41) is 11.6. The summed E-state index contributed by atoms with van der Waals surface area (Å²) in [5.74, 6) is -3.01. The highest BCUT2D eigenvalue weighted by atomic mass is 19.3. The van der Waals surface area contributed by atoms with E-state index in [1.807, 2.05) is 57.3 Å². The highest BCUT2D eigenvalue weighted by Crippen LogP contribution is 2.32. The molecule has 0 spiro atoms. The maximum Gasteiger partial charge on any atom is 0.410 e. The van der Waals surface area contributed by atoms with Crippen LogP contribution in [0.25, 0.3) is 0 Å². The number of likely N-dealkylation sites (tertiary alicyclic amines) is 2. The standard InChI is InChI=1S/C37H53F2N3O5/c1-26-13-16-36(5,45)32(46-35(44)42-20-14-31(15-21-42)41-22-17-37(38,39)18-23-41)12-11-29(4)34(47-33(43)24-26)28(3)9-6-8-27(2)30-10-7-19-40-25-30/h6-12,19,25-27,29,31-32,34,45H,13-18,20-24H2,1-5H3/b8-6+,12-11+,28-9+/t26-,27?,29+,32+,34-,36-/m1/s1. The fraction of sp³-hybridized carbons (Fsp3) is 0.649. The van der Waals surface area contributed by atoms with Gasteiger partial charge >= 0.3 is 12.1 Å². The van der Waals surface area contributed by atoms with Crippen LogP contribution in [0.1, 0.15) is 91.0 Å². The minimum absolute atomic E-state index is 0.0389. The van der Waals surface area contributed by atoms with Gasteiger partial charge in [0.2, 0.25) is 0 Å². The number of alkyl halides is 2. The summed E-state index contributed by atoms with van der Waals surface area (Å²) in [6.45, 7) is 11.3. The summed E-state index contributed by atoms with van der Waals surface area (Å²) >= 11 is 0. The van der Waals surface area contributed by atoms with Crippen LogP contribution in [0.4, 0.5) is 13.6 Å². The third-order valence-corrected chi connectivity index (χ3v) is 10.0. The Kier molecular flexibility index (Phi) is 12.8. The van der Waals surface area contributed by atoms with Crippen molar-refractivity contribution in [1.29, 1.82) is 0 Å². The topological polar surface area (TPSA) is 92.2 Å². The summed E-state index contributed by atoms with van der Waals surface area (Å²) in [6, 6.07) is 4.11. The SMILES string of the molecule is C/C(=C\C=C\C(C)c1cccnc1)[C@H]1OC(=O)C[C@H](C)CC[C@@](C)(O)[C@@H](OC(=O)N2CCC(N3CCC(F)(F)CC3)CC2)/C=C/[C@@H]1C. The lowest BCUT2D eigenvalue weighted by Gasteiger charge is -2.42. The van der Waals surface area contributed by atoms with Crippen molar-refractivity contribution >= 4 is 12.1 Å². The van der Waals surface area contributed by atoms with Gasteiger partial charge in [0.1, 0.15) is 11.7 Å². The fourth-order valence-corrected chi connectivity index (χ4v) is 6.66. The van der Waals surface area contributed by atoms with Crippen molar-refractivity contribution in [3.05, 3.63) is 66.0 Å².